The molecule has 0 N–H and O–H groups in total. The lowest BCUT2D eigenvalue weighted by Crippen LogP contribution is -2.10. The maximum Gasteiger partial charge on any atom is 0.317 e. The SMILES string of the molecule is CCCCCCCCCCCC(CC)CCC1CC(=O)OC1=O. The van der Waals surface area contributed by atoms with Crippen LogP contribution in [0, 0.1) is 11.8 Å². The second kappa shape index (κ2) is 12.5. The first-order valence-corrected chi connectivity index (χ1v) is 9.91. The minimum absolute atomic E-state index is 0.167. The Morgan fingerprint density at radius 3 is 2.04 bits per heavy atom. The fourth-order valence-corrected chi connectivity index (χ4v) is 3.47. The van der Waals surface area contributed by atoms with E-state index in [1.54, 1.807) is 0 Å². The highest BCUT2D eigenvalue weighted by molar-refractivity contribution is 5.94. The van der Waals surface area contributed by atoms with Crippen molar-refractivity contribution < 1.29 is 14.3 Å². The summed E-state index contributed by atoms with van der Waals surface area (Å²) >= 11 is 0. The van der Waals surface area contributed by atoms with Crippen molar-refractivity contribution in [3.8, 4) is 0 Å². The first-order chi connectivity index (χ1) is 11.2. The van der Waals surface area contributed by atoms with E-state index in [9.17, 15) is 9.59 Å². The van der Waals surface area contributed by atoms with Crippen molar-refractivity contribution in [2.75, 3.05) is 0 Å². The van der Waals surface area contributed by atoms with Gasteiger partial charge in [-0.15, -0.1) is 0 Å². The molecule has 0 amide bonds. The highest BCUT2D eigenvalue weighted by Gasteiger charge is 2.33. The molecule has 1 rings (SSSR count). The van der Waals surface area contributed by atoms with Crippen LogP contribution in [0.4, 0.5) is 0 Å². The van der Waals surface area contributed by atoms with Gasteiger partial charge in [0.2, 0.25) is 0 Å². The Bertz CT molecular complexity index is 338. The predicted octanol–water partition coefficient (Wildman–Crippen LogP) is 5.80. The van der Waals surface area contributed by atoms with Crippen molar-refractivity contribution in [3.05, 3.63) is 0 Å². The van der Waals surface area contributed by atoms with E-state index < -0.39 is 0 Å². The average Bonchev–Trinajstić information content (AvgIpc) is 2.86. The van der Waals surface area contributed by atoms with Crippen LogP contribution in [0.25, 0.3) is 0 Å². The van der Waals surface area contributed by atoms with Crippen molar-refractivity contribution >= 4 is 11.9 Å². The van der Waals surface area contributed by atoms with E-state index in [1.165, 1.54) is 70.6 Å². The molecule has 1 saturated heterocycles. The minimum Gasteiger partial charge on any atom is -0.393 e. The van der Waals surface area contributed by atoms with Gasteiger partial charge in [-0.05, 0) is 18.8 Å². The van der Waals surface area contributed by atoms with Crippen molar-refractivity contribution in [1.82, 2.24) is 0 Å². The van der Waals surface area contributed by atoms with Crippen LogP contribution < -0.4 is 0 Å². The molecule has 3 heteroatoms. The van der Waals surface area contributed by atoms with Crippen LogP contribution in [0.5, 0.6) is 0 Å². The van der Waals surface area contributed by atoms with E-state index in [0.717, 1.165) is 12.8 Å². The fraction of sp³-hybridized carbons (Fsp3) is 0.900. The number of carbonyl (C=O) groups is 2. The van der Waals surface area contributed by atoms with Gasteiger partial charge in [-0.25, -0.2) is 0 Å². The zero-order valence-corrected chi connectivity index (χ0v) is 15.3. The Balaban J connectivity index is 1.99. The molecule has 0 aromatic rings. The van der Waals surface area contributed by atoms with Crippen LogP contribution in [0.1, 0.15) is 104 Å². The Morgan fingerprint density at radius 2 is 1.52 bits per heavy atom. The summed E-state index contributed by atoms with van der Waals surface area (Å²) in [5.74, 6) is -0.109. The summed E-state index contributed by atoms with van der Waals surface area (Å²) in [5, 5.41) is 0. The second-order valence-corrected chi connectivity index (χ2v) is 7.16. The highest BCUT2D eigenvalue weighted by Crippen LogP contribution is 2.27. The van der Waals surface area contributed by atoms with Crippen molar-refractivity contribution in [2.45, 2.75) is 104 Å². The normalized spacial score (nSPS) is 19.1. The van der Waals surface area contributed by atoms with Crippen molar-refractivity contribution in [3.63, 3.8) is 0 Å². The summed E-state index contributed by atoms with van der Waals surface area (Å²) in [4.78, 5) is 22.6. The van der Waals surface area contributed by atoms with Crippen molar-refractivity contribution in [1.29, 1.82) is 0 Å². The molecule has 1 aliphatic rings. The number of cyclic esters (lactones) is 2. The number of unbranched alkanes of at least 4 members (excludes halogenated alkanes) is 8. The van der Waals surface area contributed by atoms with E-state index >= 15 is 0 Å². The molecule has 0 aromatic heterocycles. The van der Waals surface area contributed by atoms with Gasteiger partial charge in [0.05, 0.1) is 12.3 Å². The molecule has 0 bridgehead atoms. The summed E-state index contributed by atoms with van der Waals surface area (Å²) < 4.78 is 4.62. The van der Waals surface area contributed by atoms with E-state index in [0.29, 0.717) is 12.3 Å². The van der Waals surface area contributed by atoms with Crippen LogP contribution >= 0.6 is 0 Å². The molecule has 134 valence electrons. The summed E-state index contributed by atoms with van der Waals surface area (Å²) in [5.41, 5.74) is 0. The van der Waals surface area contributed by atoms with Gasteiger partial charge in [0.15, 0.2) is 0 Å². The van der Waals surface area contributed by atoms with Crippen LogP contribution in [0.2, 0.25) is 0 Å². The Labute approximate surface area is 142 Å². The third-order valence-electron chi connectivity index (χ3n) is 5.18. The molecule has 0 aromatic carbocycles. The number of hydrogen-bond donors (Lipinski definition) is 0. The smallest absolute Gasteiger partial charge is 0.317 e. The van der Waals surface area contributed by atoms with Gasteiger partial charge in [-0.2, -0.15) is 0 Å². The topological polar surface area (TPSA) is 43.4 Å². The predicted molar refractivity (Wildman–Crippen MR) is 94.1 cm³/mol. The first kappa shape index (κ1) is 20.2. The minimum atomic E-state index is -0.341. The zero-order chi connectivity index (χ0) is 16.9. The monoisotopic (exact) mass is 324 g/mol. The van der Waals surface area contributed by atoms with Crippen LogP contribution in [0.3, 0.4) is 0 Å². The molecule has 1 fully saturated rings. The molecular formula is C20H36O3. The third kappa shape index (κ3) is 9.12. The molecular weight excluding hydrogens is 288 g/mol. The number of esters is 2. The van der Waals surface area contributed by atoms with E-state index in [1.807, 2.05) is 0 Å². The number of hydrogen-bond acceptors (Lipinski definition) is 3. The maximum absolute atomic E-state index is 11.5. The van der Waals surface area contributed by atoms with Crippen LogP contribution in [-0.2, 0) is 14.3 Å². The first-order valence-electron chi connectivity index (χ1n) is 9.91. The Morgan fingerprint density at radius 1 is 0.913 bits per heavy atom. The average molecular weight is 325 g/mol. The molecule has 0 radical (unpaired) electrons. The summed E-state index contributed by atoms with van der Waals surface area (Å²) in [6.45, 7) is 4.49. The lowest BCUT2D eigenvalue weighted by Gasteiger charge is -2.15. The van der Waals surface area contributed by atoms with Gasteiger partial charge in [0.25, 0.3) is 0 Å². The molecule has 3 nitrogen and oxygen atoms in total. The molecule has 23 heavy (non-hydrogen) atoms. The van der Waals surface area contributed by atoms with Crippen LogP contribution in [-0.4, -0.2) is 11.9 Å². The quantitative estimate of drug-likeness (QED) is 0.230. The maximum atomic E-state index is 11.5. The Hall–Kier alpha value is -0.860. The van der Waals surface area contributed by atoms with Gasteiger partial charge in [-0.1, -0.05) is 84.5 Å². The van der Waals surface area contributed by atoms with Gasteiger partial charge < -0.3 is 4.74 Å². The summed E-state index contributed by atoms with van der Waals surface area (Å²) in [7, 11) is 0. The summed E-state index contributed by atoms with van der Waals surface area (Å²) in [6.07, 6.45) is 16.9. The molecule has 2 atom stereocenters. The molecule has 0 saturated carbocycles. The second-order valence-electron chi connectivity index (χ2n) is 7.16. The largest absolute Gasteiger partial charge is 0.393 e. The standard InChI is InChI=1S/C20H36O3/c1-3-5-6-7-8-9-10-11-12-13-17(4-2)14-15-18-16-19(21)23-20(18)22/h17-18H,3-16H2,1-2H3. The van der Waals surface area contributed by atoms with Gasteiger partial charge in [0, 0.05) is 0 Å². The molecule has 0 aliphatic carbocycles. The van der Waals surface area contributed by atoms with E-state index in [4.69, 9.17) is 0 Å². The Kier molecular flexibility index (Phi) is 11.0. The molecule has 1 heterocycles. The van der Waals surface area contributed by atoms with Crippen LogP contribution in [0.15, 0.2) is 0 Å². The number of carbonyl (C=O) groups excluding carboxylic acids is 2. The lowest BCUT2D eigenvalue weighted by atomic mass is 9.89. The highest BCUT2D eigenvalue weighted by atomic mass is 16.6. The molecule has 2 unspecified atom stereocenters. The van der Waals surface area contributed by atoms with Crippen molar-refractivity contribution in [2.24, 2.45) is 11.8 Å². The van der Waals surface area contributed by atoms with E-state index in [2.05, 4.69) is 18.6 Å². The molecule has 1 aliphatic heterocycles. The number of rotatable bonds is 14. The third-order valence-corrected chi connectivity index (χ3v) is 5.18. The zero-order valence-electron chi connectivity index (χ0n) is 15.3. The number of ether oxygens (including phenoxy) is 1. The summed E-state index contributed by atoms with van der Waals surface area (Å²) in [6, 6.07) is 0. The lowest BCUT2D eigenvalue weighted by molar-refractivity contribution is -0.153. The fourth-order valence-electron chi connectivity index (χ4n) is 3.47. The van der Waals surface area contributed by atoms with Gasteiger partial charge >= 0.3 is 11.9 Å². The van der Waals surface area contributed by atoms with Gasteiger partial charge in [0.1, 0.15) is 0 Å². The van der Waals surface area contributed by atoms with Gasteiger partial charge in [-0.3, -0.25) is 9.59 Å². The van der Waals surface area contributed by atoms with E-state index in [-0.39, 0.29) is 17.9 Å². The molecule has 0 spiro atoms.